The molecule has 1 amide bonds. The largest absolute Gasteiger partial charge is 0.478 e. The smallest absolute Gasteiger partial charge is 0.337 e. The van der Waals surface area contributed by atoms with E-state index >= 15 is 0 Å². The topological polar surface area (TPSA) is 110 Å². The minimum atomic E-state index is -1.26. The number of benzene rings is 2. The zero-order chi connectivity index (χ0) is 18.6. The number of nitro benzene ring substituents is 1. The van der Waals surface area contributed by atoms with E-state index in [0.29, 0.717) is 5.56 Å². The minimum absolute atomic E-state index is 0.0531. The lowest BCUT2D eigenvalue weighted by molar-refractivity contribution is -0.384. The predicted molar refractivity (Wildman–Crippen MR) is 94.2 cm³/mol. The number of anilines is 1. The Bertz CT molecular complexity index is 896. The third kappa shape index (κ3) is 4.79. The summed E-state index contributed by atoms with van der Waals surface area (Å²) >= 11 is 11.7. The van der Waals surface area contributed by atoms with Crippen LogP contribution in [0.3, 0.4) is 0 Å². The fourth-order valence-electron chi connectivity index (χ4n) is 1.90. The van der Waals surface area contributed by atoms with Crippen LogP contribution in [-0.4, -0.2) is 21.9 Å². The molecule has 0 atom stereocenters. The van der Waals surface area contributed by atoms with Crippen LogP contribution < -0.4 is 5.32 Å². The Morgan fingerprint density at radius 1 is 1.16 bits per heavy atom. The van der Waals surface area contributed by atoms with Gasteiger partial charge >= 0.3 is 5.97 Å². The van der Waals surface area contributed by atoms with Gasteiger partial charge in [0.2, 0.25) is 5.91 Å². The zero-order valence-corrected chi connectivity index (χ0v) is 13.9. The van der Waals surface area contributed by atoms with Crippen molar-refractivity contribution in [2.45, 2.75) is 0 Å². The number of rotatable bonds is 5. The summed E-state index contributed by atoms with van der Waals surface area (Å²) < 4.78 is 0. The molecule has 0 heterocycles. The molecule has 0 aliphatic heterocycles. The molecule has 0 fully saturated rings. The lowest BCUT2D eigenvalue weighted by Crippen LogP contribution is -2.09. The van der Waals surface area contributed by atoms with Crippen LogP contribution >= 0.6 is 23.2 Å². The molecule has 25 heavy (non-hydrogen) atoms. The number of non-ortho nitro benzene ring substituents is 1. The first kappa shape index (κ1) is 18.4. The van der Waals surface area contributed by atoms with Crippen molar-refractivity contribution < 1.29 is 19.6 Å². The van der Waals surface area contributed by atoms with Gasteiger partial charge in [0.1, 0.15) is 0 Å². The number of aromatic carboxylic acids is 1. The van der Waals surface area contributed by atoms with E-state index in [2.05, 4.69) is 5.32 Å². The highest BCUT2D eigenvalue weighted by atomic mass is 35.5. The van der Waals surface area contributed by atoms with Crippen LogP contribution in [0.1, 0.15) is 15.9 Å². The van der Waals surface area contributed by atoms with E-state index in [4.69, 9.17) is 28.3 Å². The van der Waals surface area contributed by atoms with Crippen molar-refractivity contribution in [1.29, 1.82) is 0 Å². The summed E-state index contributed by atoms with van der Waals surface area (Å²) in [7, 11) is 0. The molecule has 7 nitrogen and oxygen atoms in total. The van der Waals surface area contributed by atoms with E-state index in [0.717, 1.165) is 12.1 Å². The molecule has 2 N–H and O–H groups in total. The molecule has 0 bridgehead atoms. The number of carboxylic acids is 1. The lowest BCUT2D eigenvalue weighted by Gasteiger charge is -2.08. The molecule has 0 saturated carbocycles. The summed E-state index contributed by atoms with van der Waals surface area (Å²) in [4.78, 5) is 33.2. The third-order valence-electron chi connectivity index (χ3n) is 3.05. The van der Waals surface area contributed by atoms with E-state index in [1.165, 1.54) is 30.3 Å². The quantitative estimate of drug-likeness (QED) is 0.457. The summed E-state index contributed by atoms with van der Waals surface area (Å²) in [5.74, 6) is -1.85. The van der Waals surface area contributed by atoms with Crippen molar-refractivity contribution in [1.82, 2.24) is 0 Å². The normalized spacial score (nSPS) is 10.6. The predicted octanol–water partition coefficient (Wildman–Crippen LogP) is 4.25. The fraction of sp³-hybridized carbons (Fsp3) is 0. The number of nitrogens with one attached hydrogen (secondary N) is 1. The van der Waals surface area contributed by atoms with Crippen LogP contribution in [0.15, 0.2) is 42.5 Å². The van der Waals surface area contributed by atoms with Crippen molar-refractivity contribution in [3.05, 3.63) is 73.8 Å². The van der Waals surface area contributed by atoms with Crippen molar-refractivity contribution in [3.8, 4) is 0 Å². The fourth-order valence-corrected chi connectivity index (χ4v) is 2.41. The summed E-state index contributed by atoms with van der Waals surface area (Å²) in [5.41, 5.74) is 0.230. The maximum absolute atomic E-state index is 12.0. The first-order chi connectivity index (χ1) is 11.8. The Balaban J connectivity index is 2.18. The first-order valence-electron chi connectivity index (χ1n) is 6.74. The Labute approximate surface area is 151 Å². The average molecular weight is 381 g/mol. The van der Waals surface area contributed by atoms with Crippen molar-refractivity contribution in [3.63, 3.8) is 0 Å². The number of halogens is 2. The monoisotopic (exact) mass is 380 g/mol. The van der Waals surface area contributed by atoms with Gasteiger partial charge in [0.25, 0.3) is 5.69 Å². The molecule has 0 unspecified atom stereocenters. The molecular weight excluding hydrogens is 371 g/mol. The van der Waals surface area contributed by atoms with Crippen LogP contribution in [0.5, 0.6) is 0 Å². The standard InChI is InChI=1S/C16H10Cl2N2O5/c17-12-8-13(18)14(7-11(12)16(22)23)19-15(21)5-4-9-2-1-3-10(6-9)20(24)25/h1-8H,(H,19,21)(H,22,23)/b5-4+. The van der Waals surface area contributed by atoms with Crippen LogP contribution in [-0.2, 0) is 4.79 Å². The summed E-state index contributed by atoms with van der Waals surface area (Å²) in [6.45, 7) is 0. The first-order valence-corrected chi connectivity index (χ1v) is 7.49. The van der Waals surface area contributed by atoms with Gasteiger partial charge in [-0.15, -0.1) is 0 Å². The molecule has 9 heteroatoms. The Kier molecular flexibility index (Phi) is 5.74. The molecule has 0 aliphatic carbocycles. The number of carboxylic acid groups (broad SMARTS) is 1. The van der Waals surface area contributed by atoms with Crippen molar-refractivity contribution in [2.75, 3.05) is 5.32 Å². The summed E-state index contributed by atoms with van der Waals surface area (Å²) in [6, 6.07) is 8.08. The van der Waals surface area contributed by atoms with Gasteiger partial charge < -0.3 is 10.4 Å². The molecule has 128 valence electrons. The summed E-state index contributed by atoms with van der Waals surface area (Å²) in [5, 5.41) is 22.2. The van der Waals surface area contributed by atoms with Gasteiger partial charge in [-0.25, -0.2) is 4.79 Å². The Morgan fingerprint density at radius 3 is 2.52 bits per heavy atom. The van der Waals surface area contributed by atoms with E-state index in [1.54, 1.807) is 6.07 Å². The highest BCUT2D eigenvalue weighted by molar-refractivity contribution is 6.38. The number of carbonyl (C=O) groups is 2. The molecular formula is C16H10Cl2N2O5. The minimum Gasteiger partial charge on any atom is -0.478 e. The van der Waals surface area contributed by atoms with Crippen LogP contribution in [0, 0.1) is 10.1 Å². The SMILES string of the molecule is O=C(/C=C/c1cccc([N+](=O)[O-])c1)Nc1cc(C(=O)O)c(Cl)cc1Cl. The zero-order valence-electron chi connectivity index (χ0n) is 12.4. The molecule has 2 aromatic carbocycles. The van der Waals surface area contributed by atoms with Crippen LogP contribution in [0.25, 0.3) is 6.08 Å². The van der Waals surface area contributed by atoms with Gasteiger partial charge in [-0.3, -0.25) is 14.9 Å². The number of hydrogen-bond acceptors (Lipinski definition) is 4. The number of carbonyl (C=O) groups excluding carboxylic acids is 1. The van der Waals surface area contributed by atoms with Gasteiger partial charge in [0.05, 0.1) is 26.2 Å². The second kappa shape index (κ2) is 7.78. The highest BCUT2D eigenvalue weighted by Crippen LogP contribution is 2.29. The lowest BCUT2D eigenvalue weighted by atomic mass is 10.2. The molecule has 0 spiro atoms. The average Bonchev–Trinajstić information content (AvgIpc) is 2.55. The molecule has 0 aromatic heterocycles. The number of amides is 1. The third-order valence-corrected chi connectivity index (χ3v) is 3.68. The van der Waals surface area contributed by atoms with E-state index in [1.807, 2.05) is 0 Å². The Morgan fingerprint density at radius 2 is 1.88 bits per heavy atom. The van der Waals surface area contributed by atoms with Gasteiger partial charge in [-0.2, -0.15) is 0 Å². The van der Waals surface area contributed by atoms with Gasteiger partial charge in [-0.1, -0.05) is 35.3 Å². The Hall–Kier alpha value is -2.90. The molecule has 2 rings (SSSR count). The maximum Gasteiger partial charge on any atom is 0.337 e. The van der Waals surface area contributed by atoms with Crippen LogP contribution in [0.4, 0.5) is 11.4 Å². The van der Waals surface area contributed by atoms with Crippen LogP contribution in [0.2, 0.25) is 10.0 Å². The van der Waals surface area contributed by atoms with E-state index in [-0.39, 0.29) is 27.0 Å². The van der Waals surface area contributed by atoms with Crippen molar-refractivity contribution >= 4 is 52.5 Å². The number of nitrogens with zero attached hydrogens (tertiary/aromatic N) is 1. The molecule has 0 radical (unpaired) electrons. The highest BCUT2D eigenvalue weighted by Gasteiger charge is 2.14. The van der Waals surface area contributed by atoms with E-state index < -0.39 is 16.8 Å². The maximum atomic E-state index is 12.0. The molecule has 2 aromatic rings. The van der Waals surface area contributed by atoms with E-state index in [9.17, 15) is 19.7 Å². The van der Waals surface area contributed by atoms with Gasteiger partial charge in [0, 0.05) is 18.2 Å². The molecule has 0 aliphatic rings. The summed E-state index contributed by atoms with van der Waals surface area (Å²) in [6.07, 6.45) is 2.52. The van der Waals surface area contributed by atoms with Gasteiger partial charge in [-0.05, 0) is 23.8 Å². The molecule has 0 saturated heterocycles. The number of hydrogen-bond donors (Lipinski definition) is 2. The second-order valence-electron chi connectivity index (χ2n) is 4.79. The second-order valence-corrected chi connectivity index (χ2v) is 5.61. The van der Waals surface area contributed by atoms with Crippen molar-refractivity contribution in [2.24, 2.45) is 0 Å². The number of nitro groups is 1. The van der Waals surface area contributed by atoms with Gasteiger partial charge in [0.15, 0.2) is 0 Å².